The summed E-state index contributed by atoms with van der Waals surface area (Å²) in [7, 11) is 0. The van der Waals surface area contributed by atoms with E-state index in [0.717, 1.165) is 37.8 Å². The van der Waals surface area contributed by atoms with Crippen molar-refractivity contribution in [1.29, 1.82) is 0 Å². The summed E-state index contributed by atoms with van der Waals surface area (Å²) in [5, 5.41) is 2.36. The van der Waals surface area contributed by atoms with Crippen LogP contribution in [0.25, 0.3) is 0 Å². The van der Waals surface area contributed by atoms with E-state index < -0.39 is 17.8 Å². The summed E-state index contributed by atoms with van der Waals surface area (Å²) in [4.78, 5) is 11.8. The number of anilines is 1. The van der Waals surface area contributed by atoms with E-state index in [-0.39, 0.29) is 17.7 Å². The van der Waals surface area contributed by atoms with E-state index in [1.54, 1.807) is 0 Å². The molecule has 0 aromatic heterocycles. The highest BCUT2D eigenvalue weighted by molar-refractivity contribution is 5.84. The van der Waals surface area contributed by atoms with Crippen LogP contribution in [0.3, 0.4) is 0 Å². The smallest absolute Gasteiger partial charge is 0.416 e. The van der Waals surface area contributed by atoms with Crippen LogP contribution in [0.1, 0.15) is 38.2 Å². The van der Waals surface area contributed by atoms with Gasteiger partial charge in [0.15, 0.2) is 0 Å². The maximum atomic E-state index is 12.6. The maximum absolute atomic E-state index is 12.6. The Hall–Kier alpha value is -1.72. The number of hydrogen-bond donors (Lipinski definition) is 1. The van der Waals surface area contributed by atoms with Crippen molar-refractivity contribution < 1.29 is 22.7 Å². The van der Waals surface area contributed by atoms with Gasteiger partial charge in [-0.05, 0) is 43.4 Å². The predicted molar refractivity (Wildman–Crippen MR) is 73.0 cm³/mol. The van der Waals surface area contributed by atoms with Gasteiger partial charge in [-0.1, -0.05) is 19.4 Å². The molecule has 1 N–H and O–H groups in total. The number of alkyl halides is 3. The Morgan fingerprint density at radius 3 is 2.67 bits per heavy atom. The minimum absolute atomic E-state index is 0.0817. The van der Waals surface area contributed by atoms with Crippen LogP contribution in [0.5, 0.6) is 0 Å². The second-order valence-electron chi connectivity index (χ2n) is 5.41. The number of hydrogen-bond acceptors (Lipinski definition) is 2. The standard InChI is InChI=1S/C15H18F3NO2/c1-10-5-2-3-8-13(10)21-14(20)19-12-7-4-6-11(9-12)15(16,17)18/h4,6-7,9-10,13H,2-3,5,8H2,1H3,(H,19,20)/t10-,13+/m1/s1. The van der Waals surface area contributed by atoms with Gasteiger partial charge in [-0.25, -0.2) is 4.79 Å². The SMILES string of the molecule is C[C@@H]1CCCC[C@@H]1OC(=O)Nc1cccc(C(F)(F)F)c1. The quantitative estimate of drug-likeness (QED) is 0.849. The van der Waals surface area contributed by atoms with Gasteiger partial charge in [-0.15, -0.1) is 0 Å². The van der Waals surface area contributed by atoms with Crippen molar-refractivity contribution in [2.75, 3.05) is 5.32 Å². The monoisotopic (exact) mass is 301 g/mol. The molecule has 0 radical (unpaired) electrons. The van der Waals surface area contributed by atoms with Crippen molar-refractivity contribution in [2.45, 2.75) is 44.9 Å². The number of carbonyl (C=O) groups excluding carboxylic acids is 1. The number of nitrogens with one attached hydrogen (secondary N) is 1. The molecule has 1 saturated carbocycles. The van der Waals surface area contributed by atoms with E-state index in [2.05, 4.69) is 5.32 Å². The van der Waals surface area contributed by atoms with Gasteiger partial charge in [-0.3, -0.25) is 5.32 Å². The van der Waals surface area contributed by atoms with Crippen molar-refractivity contribution >= 4 is 11.8 Å². The van der Waals surface area contributed by atoms with E-state index in [4.69, 9.17) is 4.74 Å². The number of rotatable bonds is 2. The Balaban J connectivity index is 1.96. The Morgan fingerprint density at radius 2 is 2.00 bits per heavy atom. The first-order valence-electron chi connectivity index (χ1n) is 7.01. The molecular formula is C15H18F3NO2. The topological polar surface area (TPSA) is 38.3 Å². The van der Waals surface area contributed by atoms with Crippen LogP contribution in [0, 0.1) is 5.92 Å². The Morgan fingerprint density at radius 1 is 1.29 bits per heavy atom. The van der Waals surface area contributed by atoms with E-state index in [0.29, 0.717) is 0 Å². The molecule has 1 aliphatic rings. The van der Waals surface area contributed by atoms with Gasteiger partial charge < -0.3 is 4.74 Å². The Kier molecular flexibility index (Phi) is 4.75. The van der Waals surface area contributed by atoms with Crippen LogP contribution in [0.4, 0.5) is 23.7 Å². The second-order valence-corrected chi connectivity index (χ2v) is 5.41. The van der Waals surface area contributed by atoms with Crippen LogP contribution in [-0.4, -0.2) is 12.2 Å². The molecule has 0 spiro atoms. The summed E-state index contributed by atoms with van der Waals surface area (Å²) in [6.45, 7) is 2.02. The molecule has 0 heterocycles. The average Bonchev–Trinajstić information content (AvgIpc) is 2.41. The highest BCUT2D eigenvalue weighted by Gasteiger charge is 2.30. The largest absolute Gasteiger partial charge is 0.446 e. The number of benzene rings is 1. The minimum atomic E-state index is -4.43. The van der Waals surface area contributed by atoms with Crippen molar-refractivity contribution in [3.8, 4) is 0 Å². The third kappa shape index (κ3) is 4.37. The van der Waals surface area contributed by atoms with Crippen LogP contribution in [-0.2, 0) is 10.9 Å². The first-order chi connectivity index (χ1) is 9.86. The Bertz CT molecular complexity index is 502. The lowest BCUT2D eigenvalue weighted by Gasteiger charge is -2.28. The normalized spacial score (nSPS) is 22.7. The van der Waals surface area contributed by atoms with Gasteiger partial charge in [0.1, 0.15) is 6.10 Å². The number of amides is 1. The molecule has 1 aromatic rings. The fourth-order valence-corrected chi connectivity index (χ4v) is 2.52. The molecule has 2 rings (SSSR count). The summed E-state index contributed by atoms with van der Waals surface area (Å²) in [6.07, 6.45) is -1.36. The van der Waals surface area contributed by atoms with E-state index in [1.807, 2.05) is 6.92 Å². The van der Waals surface area contributed by atoms with Crippen LogP contribution in [0.15, 0.2) is 24.3 Å². The minimum Gasteiger partial charge on any atom is -0.446 e. The molecule has 1 aliphatic carbocycles. The zero-order valence-corrected chi connectivity index (χ0v) is 11.7. The molecule has 0 unspecified atom stereocenters. The van der Waals surface area contributed by atoms with Gasteiger partial charge in [0.25, 0.3) is 0 Å². The molecule has 0 bridgehead atoms. The van der Waals surface area contributed by atoms with Crippen LogP contribution < -0.4 is 5.32 Å². The Labute approximate surface area is 121 Å². The predicted octanol–water partition coefficient (Wildman–Crippen LogP) is 4.83. The molecule has 1 fully saturated rings. The molecule has 116 valence electrons. The van der Waals surface area contributed by atoms with Gasteiger partial charge in [0.05, 0.1) is 5.56 Å². The fraction of sp³-hybridized carbons (Fsp3) is 0.533. The summed E-state index contributed by atoms with van der Waals surface area (Å²) in [5.41, 5.74) is -0.718. The summed E-state index contributed by atoms with van der Waals surface area (Å²) >= 11 is 0. The highest BCUT2D eigenvalue weighted by atomic mass is 19.4. The molecule has 0 aliphatic heterocycles. The van der Waals surface area contributed by atoms with Crippen molar-refractivity contribution in [1.82, 2.24) is 0 Å². The van der Waals surface area contributed by atoms with Crippen LogP contribution >= 0.6 is 0 Å². The van der Waals surface area contributed by atoms with E-state index in [9.17, 15) is 18.0 Å². The number of ether oxygens (including phenoxy) is 1. The summed E-state index contributed by atoms with van der Waals surface area (Å²) < 4.78 is 43.1. The lowest BCUT2D eigenvalue weighted by Crippen LogP contribution is -2.30. The second kappa shape index (κ2) is 6.37. The molecular weight excluding hydrogens is 283 g/mol. The molecule has 0 saturated heterocycles. The zero-order valence-electron chi connectivity index (χ0n) is 11.7. The first-order valence-corrected chi connectivity index (χ1v) is 7.01. The third-order valence-corrected chi connectivity index (χ3v) is 3.73. The molecule has 1 aromatic carbocycles. The molecule has 21 heavy (non-hydrogen) atoms. The average molecular weight is 301 g/mol. The lowest BCUT2D eigenvalue weighted by atomic mass is 9.88. The zero-order chi connectivity index (χ0) is 15.5. The molecule has 6 heteroatoms. The fourth-order valence-electron chi connectivity index (χ4n) is 2.52. The van der Waals surface area contributed by atoms with Crippen molar-refractivity contribution in [3.05, 3.63) is 29.8 Å². The highest BCUT2D eigenvalue weighted by Crippen LogP contribution is 2.31. The van der Waals surface area contributed by atoms with Crippen LogP contribution in [0.2, 0.25) is 0 Å². The molecule has 3 nitrogen and oxygen atoms in total. The summed E-state index contributed by atoms with van der Waals surface area (Å²) in [6, 6.07) is 4.51. The van der Waals surface area contributed by atoms with E-state index >= 15 is 0 Å². The molecule has 2 atom stereocenters. The van der Waals surface area contributed by atoms with Gasteiger partial charge in [0, 0.05) is 5.69 Å². The van der Waals surface area contributed by atoms with Gasteiger partial charge >= 0.3 is 12.3 Å². The first kappa shape index (κ1) is 15.7. The van der Waals surface area contributed by atoms with Gasteiger partial charge in [-0.2, -0.15) is 13.2 Å². The van der Waals surface area contributed by atoms with Gasteiger partial charge in [0.2, 0.25) is 0 Å². The number of halogens is 3. The maximum Gasteiger partial charge on any atom is 0.416 e. The van der Waals surface area contributed by atoms with Crippen molar-refractivity contribution in [3.63, 3.8) is 0 Å². The molecule has 1 amide bonds. The third-order valence-electron chi connectivity index (χ3n) is 3.73. The van der Waals surface area contributed by atoms with E-state index in [1.165, 1.54) is 12.1 Å². The summed E-state index contributed by atoms with van der Waals surface area (Å²) in [5.74, 6) is 0.283. The number of carbonyl (C=O) groups is 1. The van der Waals surface area contributed by atoms with Crippen molar-refractivity contribution in [2.24, 2.45) is 5.92 Å². The lowest BCUT2D eigenvalue weighted by molar-refractivity contribution is -0.137.